The number of hydrogen-bond donors (Lipinski definition) is 1. The van der Waals surface area contributed by atoms with E-state index in [0.29, 0.717) is 17.8 Å². The van der Waals surface area contributed by atoms with Gasteiger partial charge in [0.05, 0.1) is 10.6 Å². The molecule has 0 saturated heterocycles. The van der Waals surface area contributed by atoms with Gasteiger partial charge < -0.3 is 5.32 Å². The van der Waals surface area contributed by atoms with Gasteiger partial charge in [0.2, 0.25) is 0 Å². The molecule has 28 heavy (non-hydrogen) atoms. The van der Waals surface area contributed by atoms with Crippen LogP contribution in [0.4, 0.5) is 11.4 Å². The number of hydrogen-bond acceptors (Lipinski definition) is 3. The normalized spacial score (nSPS) is 13.6. The maximum Gasteiger partial charge on any atom is 0.264 e. The summed E-state index contributed by atoms with van der Waals surface area (Å²) in [7, 11) is -3.65. The van der Waals surface area contributed by atoms with Crippen LogP contribution in [-0.2, 0) is 16.4 Å². The molecule has 1 amide bonds. The quantitative estimate of drug-likeness (QED) is 0.727. The summed E-state index contributed by atoms with van der Waals surface area (Å²) in [5, 5.41) is 2.78. The summed E-state index contributed by atoms with van der Waals surface area (Å²) in [4.78, 5) is 12.5. The van der Waals surface area contributed by atoms with Crippen molar-refractivity contribution >= 4 is 27.3 Å². The molecule has 1 N–H and O–H groups in total. The summed E-state index contributed by atoms with van der Waals surface area (Å²) < 4.78 is 27.8. The van der Waals surface area contributed by atoms with E-state index in [-0.39, 0.29) is 10.8 Å². The van der Waals surface area contributed by atoms with Crippen LogP contribution in [0.5, 0.6) is 0 Å². The minimum absolute atomic E-state index is 0.210. The highest BCUT2D eigenvalue weighted by Gasteiger charge is 2.28. The number of carbonyl (C=O) groups excluding carboxylic acids is 1. The highest BCUT2D eigenvalue weighted by Crippen LogP contribution is 2.32. The Hall–Kier alpha value is -3.12. The van der Waals surface area contributed by atoms with Crippen molar-refractivity contribution in [3.63, 3.8) is 0 Å². The predicted molar refractivity (Wildman–Crippen MR) is 110 cm³/mol. The molecule has 5 nitrogen and oxygen atoms in total. The van der Waals surface area contributed by atoms with Gasteiger partial charge in [-0.15, -0.1) is 0 Å². The van der Waals surface area contributed by atoms with Crippen LogP contribution >= 0.6 is 0 Å². The van der Waals surface area contributed by atoms with E-state index >= 15 is 0 Å². The number of sulfonamides is 1. The number of para-hydroxylation sites is 1. The van der Waals surface area contributed by atoms with Crippen molar-refractivity contribution in [3.8, 4) is 0 Å². The number of carbonyl (C=O) groups is 1. The van der Waals surface area contributed by atoms with E-state index in [1.165, 1.54) is 16.4 Å². The summed E-state index contributed by atoms with van der Waals surface area (Å²) in [5.74, 6) is -0.235. The van der Waals surface area contributed by atoms with Gasteiger partial charge in [-0.2, -0.15) is 0 Å². The van der Waals surface area contributed by atoms with Crippen LogP contribution in [0.15, 0.2) is 83.8 Å². The van der Waals surface area contributed by atoms with Crippen LogP contribution in [0.3, 0.4) is 0 Å². The molecule has 0 spiro atoms. The number of nitrogens with one attached hydrogen (secondary N) is 1. The lowest BCUT2D eigenvalue weighted by Crippen LogP contribution is -2.35. The molecule has 3 aromatic rings. The van der Waals surface area contributed by atoms with Crippen LogP contribution in [0, 0.1) is 0 Å². The average molecular weight is 392 g/mol. The molecular weight excluding hydrogens is 372 g/mol. The second-order valence-corrected chi connectivity index (χ2v) is 8.52. The fourth-order valence-corrected chi connectivity index (χ4v) is 4.92. The van der Waals surface area contributed by atoms with Gasteiger partial charge in [-0.1, -0.05) is 36.4 Å². The van der Waals surface area contributed by atoms with Gasteiger partial charge in [-0.05, 0) is 60.9 Å². The van der Waals surface area contributed by atoms with Gasteiger partial charge in [0.1, 0.15) is 0 Å². The zero-order valence-corrected chi connectivity index (χ0v) is 16.0. The molecule has 0 aromatic heterocycles. The maximum atomic E-state index is 13.1. The Balaban J connectivity index is 1.56. The molecule has 0 saturated carbocycles. The Bertz CT molecular complexity index is 1090. The summed E-state index contributed by atoms with van der Waals surface area (Å²) in [6.45, 7) is 0.464. The predicted octanol–water partition coefficient (Wildman–Crippen LogP) is 4.08. The molecule has 1 aliphatic rings. The van der Waals surface area contributed by atoms with Crippen molar-refractivity contribution < 1.29 is 13.2 Å². The van der Waals surface area contributed by atoms with Gasteiger partial charge in [0.15, 0.2) is 0 Å². The Labute approximate surface area is 164 Å². The molecule has 0 bridgehead atoms. The standard InChI is InChI=1S/C22H20N2O3S/c25-22(18-8-2-1-3-9-18)23-19-12-14-20(15-13-19)28(26,27)24-16-6-10-17-7-4-5-11-21(17)24/h1-5,7-9,11-15H,6,10,16H2,(H,23,25). The molecular formula is C22H20N2O3S. The second kappa shape index (κ2) is 7.48. The topological polar surface area (TPSA) is 66.5 Å². The molecule has 3 aromatic carbocycles. The van der Waals surface area contributed by atoms with E-state index in [0.717, 1.165) is 24.1 Å². The number of nitrogens with zero attached hydrogens (tertiary/aromatic N) is 1. The highest BCUT2D eigenvalue weighted by molar-refractivity contribution is 7.92. The van der Waals surface area contributed by atoms with Gasteiger partial charge in [0.25, 0.3) is 15.9 Å². The Morgan fingerprint density at radius 1 is 0.857 bits per heavy atom. The molecule has 4 rings (SSSR count). The van der Waals surface area contributed by atoms with Gasteiger partial charge in [-0.25, -0.2) is 8.42 Å². The fraction of sp³-hybridized carbons (Fsp3) is 0.136. The van der Waals surface area contributed by atoms with E-state index in [1.807, 2.05) is 30.3 Å². The number of aryl methyl sites for hydroxylation is 1. The first-order chi connectivity index (χ1) is 13.6. The fourth-order valence-electron chi connectivity index (χ4n) is 3.38. The average Bonchev–Trinajstić information content (AvgIpc) is 2.74. The molecule has 0 aliphatic carbocycles. The van der Waals surface area contributed by atoms with E-state index in [9.17, 15) is 13.2 Å². The molecule has 1 aliphatic heterocycles. The van der Waals surface area contributed by atoms with Crippen LogP contribution in [0.25, 0.3) is 0 Å². The van der Waals surface area contributed by atoms with Crippen LogP contribution in [0.1, 0.15) is 22.3 Å². The second-order valence-electron chi connectivity index (χ2n) is 6.65. The third-order valence-electron chi connectivity index (χ3n) is 4.80. The molecule has 142 valence electrons. The number of fused-ring (bicyclic) bond motifs is 1. The van der Waals surface area contributed by atoms with E-state index in [4.69, 9.17) is 0 Å². The summed E-state index contributed by atoms with van der Waals surface area (Å²) in [5.41, 5.74) is 2.88. The molecule has 0 atom stereocenters. The summed E-state index contributed by atoms with van der Waals surface area (Å²) in [6, 6.07) is 22.8. The lowest BCUT2D eigenvalue weighted by Gasteiger charge is -2.30. The molecule has 0 radical (unpaired) electrons. The Morgan fingerprint density at radius 3 is 2.29 bits per heavy atom. The number of benzene rings is 3. The molecule has 0 fully saturated rings. The van der Waals surface area contributed by atoms with Crippen molar-refractivity contribution in [1.29, 1.82) is 0 Å². The monoisotopic (exact) mass is 392 g/mol. The van der Waals surface area contributed by atoms with Gasteiger partial charge in [-0.3, -0.25) is 9.10 Å². The zero-order valence-electron chi connectivity index (χ0n) is 15.2. The largest absolute Gasteiger partial charge is 0.322 e. The third-order valence-corrected chi connectivity index (χ3v) is 6.63. The number of amides is 1. The lowest BCUT2D eigenvalue weighted by molar-refractivity contribution is 0.102. The Morgan fingerprint density at radius 2 is 1.54 bits per heavy atom. The minimum atomic E-state index is -3.65. The SMILES string of the molecule is O=C(Nc1ccc(S(=O)(=O)N2CCCc3ccccc32)cc1)c1ccccc1. The molecule has 0 unspecified atom stereocenters. The first kappa shape index (κ1) is 18.3. The van der Waals surface area contributed by atoms with E-state index in [1.54, 1.807) is 36.4 Å². The van der Waals surface area contributed by atoms with Crippen molar-refractivity contribution in [1.82, 2.24) is 0 Å². The van der Waals surface area contributed by atoms with Crippen LogP contribution < -0.4 is 9.62 Å². The van der Waals surface area contributed by atoms with Crippen molar-refractivity contribution in [2.45, 2.75) is 17.7 Å². The Kier molecular flexibility index (Phi) is 4.88. The first-order valence-corrected chi connectivity index (χ1v) is 10.6. The maximum absolute atomic E-state index is 13.1. The van der Waals surface area contributed by atoms with Gasteiger partial charge in [0, 0.05) is 17.8 Å². The van der Waals surface area contributed by atoms with Crippen LogP contribution in [0.2, 0.25) is 0 Å². The summed E-state index contributed by atoms with van der Waals surface area (Å²) >= 11 is 0. The zero-order chi connectivity index (χ0) is 19.6. The number of rotatable bonds is 4. The summed E-state index contributed by atoms with van der Waals surface area (Å²) in [6.07, 6.45) is 1.67. The molecule has 6 heteroatoms. The van der Waals surface area contributed by atoms with E-state index in [2.05, 4.69) is 5.32 Å². The number of anilines is 2. The van der Waals surface area contributed by atoms with Gasteiger partial charge >= 0.3 is 0 Å². The van der Waals surface area contributed by atoms with Crippen LogP contribution in [-0.4, -0.2) is 20.9 Å². The first-order valence-electron chi connectivity index (χ1n) is 9.13. The lowest BCUT2D eigenvalue weighted by atomic mass is 10.0. The highest BCUT2D eigenvalue weighted by atomic mass is 32.2. The molecule has 1 heterocycles. The minimum Gasteiger partial charge on any atom is -0.322 e. The van der Waals surface area contributed by atoms with Crippen molar-refractivity contribution in [2.24, 2.45) is 0 Å². The van der Waals surface area contributed by atoms with Crippen molar-refractivity contribution in [2.75, 3.05) is 16.2 Å². The van der Waals surface area contributed by atoms with Crippen molar-refractivity contribution in [3.05, 3.63) is 90.0 Å². The third kappa shape index (κ3) is 3.51. The smallest absolute Gasteiger partial charge is 0.264 e. The van der Waals surface area contributed by atoms with E-state index < -0.39 is 10.0 Å².